The van der Waals surface area contributed by atoms with Crippen LogP contribution in [0.25, 0.3) is 0 Å². The molecular formula is C27H21NO2. The molecule has 0 N–H and O–H groups in total. The van der Waals surface area contributed by atoms with Crippen molar-refractivity contribution in [2.24, 2.45) is 0 Å². The molecule has 0 aliphatic rings. The standard InChI is InChI=1S/C27H21NO2/c29-26(21-10-4-1-5-11-21)20-27(30)22-16-18-25(19-17-22)28(23-12-6-2-7-13-23)24-14-8-3-9-15-24/h1-19H,20H2. The zero-order valence-electron chi connectivity index (χ0n) is 16.4. The van der Waals surface area contributed by atoms with Crippen LogP contribution in [0.15, 0.2) is 115 Å². The van der Waals surface area contributed by atoms with Crippen LogP contribution in [0.1, 0.15) is 27.1 Å². The highest BCUT2D eigenvalue weighted by Gasteiger charge is 2.15. The Balaban J connectivity index is 1.58. The van der Waals surface area contributed by atoms with Gasteiger partial charge in [-0.1, -0.05) is 66.7 Å². The molecule has 0 aliphatic heterocycles. The molecule has 0 heterocycles. The second-order valence-electron chi connectivity index (χ2n) is 6.94. The van der Waals surface area contributed by atoms with Crippen LogP contribution >= 0.6 is 0 Å². The van der Waals surface area contributed by atoms with Gasteiger partial charge in [0, 0.05) is 28.2 Å². The minimum atomic E-state index is -0.179. The van der Waals surface area contributed by atoms with Crippen LogP contribution in [0.2, 0.25) is 0 Å². The molecule has 0 atom stereocenters. The minimum Gasteiger partial charge on any atom is -0.311 e. The molecule has 0 saturated carbocycles. The molecule has 0 radical (unpaired) electrons. The van der Waals surface area contributed by atoms with Crippen molar-refractivity contribution in [2.45, 2.75) is 6.42 Å². The summed E-state index contributed by atoms with van der Waals surface area (Å²) in [6, 6.07) is 36.5. The van der Waals surface area contributed by atoms with Crippen LogP contribution in [0.4, 0.5) is 17.1 Å². The van der Waals surface area contributed by atoms with Crippen molar-refractivity contribution >= 4 is 28.6 Å². The molecule has 146 valence electrons. The molecule has 3 nitrogen and oxygen atoms in total. The van der Waals surface area contributed by atoms with Gasteiger partial charge in [-0.3, -0.25) is 9.59 Å². The first kappa shape index (κ1) is 19.3. The van der Waals surface area contributed by atoms with Gasteiger partial charge >= 0.3 is 0 Å². The van der Waals surface area contributed by atoms with E-state index in [1.54, 1.807) is 36.4 Å². The first-order chi connectivity index (χ1) is 14.7. The monoisotopic (exact) mass is 391 g/mol. The van der Waals surface area contributed by atoms with Crippen LogP contribution in [-0.2, 0) is 0 Å². The fourth-order valence-electron chi connectivity index (χ4n) is 3.37. The van der Waals surface area contributed by atoms with Crippen LogP contribution in [0, 0.1) is 0 Å². The fourth-order valence-corrected chi connectivity index (χ4v) is 3.37. The highest BCUT2D eigenvalue weighted by Crippen LogP contribution is 2.34. The Morgan fingerprint density at radius 1 is 0.467 bits per heavy atom. The summed E-state index contributed by atoms with van der Waals surface area (Å²) in [7, 11) is 0. The molecule has 3 heteroatoms. The van der Waals surface area contributed by atoms with Crippen molar-refractivity contribution in [1.29, 1.82) is 0 Å². The first-order valence-corrected chi connectivity index (χ1v) is 9.84. The summed E-state index contributed by atoms with van der Waals surface area (Å²) in [4.78, 5) is 27.1. The second kappa shape index (κ2) is 9.01. The van der Waals surface area contributed by atoms with E-state index in [1.807, 2.05) is 78.9 Å². The molecule has 30 heavy (non-hydrogen) atoms. The molecule has 0 aliphatic carbocycles. The smallest absolute Gasteiger partial charge is 0.170 e. The maximum absolute atomic E-state index is 12.6. The Kier molecular flexibility index (Phi) is 5.81. The van der Waals surface area contributed by atoms with Crippen molar-refractivity contribution in [3.05, 3.63) is 126 Å². The van der Waals surface area contributed by atoms with E-state index in [4.69, 9.17) is 0 Å². The van der Waals surface area contributed by atoms with Crippen molar-refractivity contribution < 1.29 is 9.59 Å². The summed E-state index contributed by atoms with van der Waals surface area (Å²) >= 11 is 0. The maximum atomic E-state index is 12.6. The number of carbonyl (C=O) groups is 2. The lowest BCUT2D eigenvalue weighted by molar-refractivity contribution is 0.0894. The molecule has 0 bridgehead atoms. The lowest BCUT2D eigenvalue weighted by Crippen LogP contribution is -2.11. The van der Waals surface area contributed by atoms with Gasteiger partial charge in [-0.25, -0.2) is 0 Å². The summed E-state index contributed by atoms with van der Waals surface area (Å²) in [5.41, 5.74) is 4.09. The van der Waals surface area contributed by atoms with E-state index in [2.05, 4.69) is 4.90 Å². The van der Waals surface area contributed by atoms with Gasteiger partial charge in [-0.05, 0) is 48.5 Å². The van der Waals surface area contributed by atoms with E-state index in [9.17, 15) is 9.59 Å². The van der Waals surface area contributed by atoms with E-state index in [0.717, 1.165) is 17.1 Å². The third-order valence-corrected chi connectivity index (χ3v) is 4.89. The van der Waals surface area contributed by atoms with Gasteiger partial charge in [0.25, 0.3) is 0 Å². The molecule has 0 amide bonds. The molecule has 0 aromatic heterocycles. The summed E-state index contributed by atoms with van der Waals surface area (Å²) < 4.78 is 0. The summed E-state index contributed by atoms with van der Waals surface area (Å²) in [5, 5.41) is 0. The Labute approximate surface area is 176 Å². The number of hydrogen-bond donors (Lipinski definition) is 0. The van der Waals surface area contributed by atoms with E-state index < -0.39 is 0 Å². The van der Waals surface area contributed by atoms with Crippen LogP contribution < -0.4 is 4.90 Å². The van der Waals surface area contributed by atoms with Crippen molar-refractivity contribution in [2.75, 3.05) is 4.90 Å². The van der Waals surface area contributed by atoms with Crippen LogP contribution in [0.3, 0.4) is 0 Å². The topological polar surface area (TPSA) is 37.4 Å². The van der Waals surface area contributed by atoms with Crippen molar-refractivity contribution in [3.8, 4) is 0 Å². The second-order valence-corrected chi connectivity index (χ2v) is 6.94. The van der Waals surface area contributed by atoms with Crippen molar-refractivity contribution in [3.63, 3.8) is 0 Å². The fraction of sp³-hybridized carbons (Fsp3) is 0.0370. The predicted molar refractivity (Wildman–Crippen MR) is 121 cm³/mol. The van der Waals surface area contributed by atoms with Crippen LogP contribution in [-0.4, -0.2) is 11.6 Å². The zero-order chi connectivity index (χ0) is 20.8. The average Bonchev–Trinajstić information content (AvgIpc) is 2.81. The lowest BCUT2D eigenvalue weighted by atomic mass is 10.0. The Morgan fingerprint density at radius 3 is 1.30 bits per heavy atom. The number of carbonyl (C=O) groups excluding carboxylic acids is 2. The SMILES string of the molecule is O=C(CC(=O)c1ccc(N(c2ccccc2)c2ccccc2)cc1)c1ccccc1. The number of benzene rings is 4. The van der Waals surface area contributed by atoms with E-state index in [0.29, 0.717) is 11.1 Å². The predicted octanol–water partition coefficient (Wildman–Crippen LogP) is 6.61. The lowest BCUT2D eigenvalue weighted by Gasteiger charge is -2.25. The number of hydrogen-bond acceptors (Lipinski definition) is 3. The quantitative estimate of drug-likeness (QED) is 0.263. The van der Waals surface area contributed by atoms with E-state index in [-0.39, 0.29) is 18.0 Å². The number of rotatable bonds is 7. The third kappa shape index (κ3) is 4.36. The first-order valence-electron chi connectivity index (χ1n) is 9.84. The van der Waals surface area contributed by atoms with Gasteiger partial charge in [-0.15, -0.1) is 0 Å². The van der Waals surface area contributed by atoms with Gasteiger partial charge in [0.1, 0.15) is 0 Å². The number of Topliss-reactive ketones (excluding diaryl/α,β-unsaturated/α-hetero) is 2. The molecule has 4 aromatic carbocycles. The van der Waals surface area contributed by atoms with Gasteiger partial charge in [0.05, 0.1) is 6.42 Å². The normalized spacial score (nSPS) is 10.4. The minimum absolute atomic E-state index is 0.134. The largest absolute Gasteiger partial charge is 0.311 e. The van der Waals surface area contributed by atoms with E-state index in [1.165, 1.54) is 0 Å². The Hall–Kier alpha value is -3.98. The number of para-hydroxylation sites is 2. The number of anilines is 3. The van der Waals surface area contributed by atoms with Gasteiger partial charge in [0.2, 0.25) is 0 Å². The molecule has 0 unspecified atom stereocenters. The third-order valence-electron chi connectivity index (χ3n) is 4.89. The molecule has 0 saturated heterocycles. The summed E-state index contributed by atoms with van der Waals surface area (Å²) in [5.74, 6) is -0.346. The summed E-state index contributed by atoms with van der Waals surface area (Å²) in [6.45, 7) is 0. The number of nitrogens with zero attached hydrogens (tertiary/aromatic N) is 1. The van der Waals surface area contributed by atoms with Crippen molar-refractivity contribution in [1.82, 2.24) is 0 Å². The van der Waals surface area contributed by atoms with Gasteiger partial charge in [-0.2, -0.15) is 0 Å². The Morgan fingerprint density at radius 2 is 0.833 bits per heavy atom. The highest BCUT2D eigenvalue weighted by molar-refractivity contribution is 6.13. The van der Waals surface area contributed by atoms with E-state index >= 15 is 0 Å². The zero-order valence-corrected chi connectivity index (χ0v) is 16.4. The maximum Gasteiger partial charge on any atom is 0.170 e. The van der Waals surface area contributed by atoms with Gasteiger partial charge in [0.15, 0.2) is 11.6 Å². The molecular weight excluding hydrogens is 370 g/mol. The molecule has 0 spiro atoms. The molecule has 4 rings (SSSR count). The summed E-state index contributed by atoms with van der Waals surface area (Å²) in [6.07, 6.45) is -0.134. The van der Waals surface area contributed by atoms with Crippen LogP contribution in [0.5, 0.6) is 0 Å². The van der Waals surface area contributed by atoms with Gasteiger partial charge < -0.3 is 4.90 Å². The average molecular weight is 391 g/mol. The highest BCUT2D eigenvalue weighted by atomic mass is 16.1. The molecule has 0 fully saturated rings. The Bertz CT molecular complexity index is 1080. The molecule has 4 aromatic rings. The number of ketones is 2.